The molecular formula is C16H23N3O2. The van der Waals surface area contributed by atoms with Crippen molar-refractivity contribution in [2.45, 2.75) is 38.3 Å². The first kappa shape index (κ1) is 15.5. The van der Waals surface area contributed by atoms with E-state index in [0.29, 0.717) is 18.7 Å². The highest BCUT2D eigenvalue weighted by Crippen LogP contribution is 2.15. The van der Waals surface area contributed by atoms with Gasteiger partial charge in [0.1, 0.15) is 5.54 Å². The van der Waals surface area contributed by atoms with Gasteiger partial charge < -0.3 is 16.0 Å². The van der Waals surface area contributed by atoms with Crippen LogP contribution in [0.25, 0.3) is 0 Å². The molecule has 5 heteroatoms. The number of hydrogen-bond donors (Lipinski definition) is 2. The summed E-state index contributed by atoms with van der Waals surface area (Å²) in [4.78, 5) is 26.5. The number of nitrogens with one attached hydrogen (secondary N) is 1. The Morgan fingerprint density at radius 1 is 1.29 bits per heavy atom. The number of nitrogens with two attached hydrogens (primary N) is 1. The fourth-order valence-electron chi connectivity index (χ4n) is 2.59. The van der Waals surface area contributed by atoms with Gasteiger partial charge in [0, 0.05) is 24.7 Å². The molecule has 1 fully saturated rings. The zero-order valence-electron chi connectivity index (χ0n) is 12.6. The summed E-state index contributed by atoms with van der Waals surface area (Å²) in [6, 6.07) is 8.94. The maximum absolute atomic E-state index is 12.6. The Kier molecular flexibility index (Phi) is 4.63. The molecule has 2 amide bonds. The molecule has 3 N–H and O–H groups in total. The van der Waals surface area contributed by atoms with E-state index in [1.165, 1.54) is 0 Å². The lowest BCUT2D eigenvalue weighted by Crippen LogP contribution is -2.58. The molecule has 0 saturated carbocycles. The number of nitrogens with zero attached hydrogens (tertiary/aromatic N) is 1. The summed E-state index contributed by atoms with van der Waals surface area (Å²) in [6.45, 7) is 4.73. The van der Waals surface area contributed by atoms with Crippen molar-refractivity contribution in [2.75, 3.05) is 13.1 Å². The van der Waals surface area contributed by atoms with Gasteiger partial charge in [-0.15, -0.1) is 0 Å². The quantitative estimate of drug-likeness (QED) is 0.876. The molecule has 0 bridgehead atoms. The monoisotopic (exact) mass is 289 g/mol. The normalized spacial score (nSPS) is 19.2. The minimum atomic E-state index is -0.940. The summed E-state index contributed by atoms with van der Waals surface area (Å²) in [7, 11) is 0. The molecule has 1 aliphatic heterocycles. The van der Waals surface area contributed by atoms with E-state index >= 15 is 0 Å². The summed E-state index contributed by atoms with van der Waals surface area (Å²) in [6.07, 6.45) is 1.86. The Morgan fingerprint density at radius 3 is 2.57 bits per heavy atom. The fourth-order valence-corrected chi connectivity index (χ4v) is 2.59. The maximum Gasteiger partial charge on any atom is 0.252 e. The molecule has 0 aliphatic carbocycles. The van der Waals surface area contributed by atoms with E-state index in [0.717, 1.165) is 12.8 Å². The van der Waals surface area contributed by atoms with E-state index in [4.69, 9.17) is 5.73 Å². The molecule has 21 heavy (non-hydrogen) atoms. The van der Waals surface area contributed by atoms with Crippen LogP contribution in [-0.2, 0) is 4.79 Å². The van der Waals surface area contributed by atoms with Crippen LogP contribution >= 0.6 is 0 Å². The Balaban J connectivity index is 2.03. The summed E-state index contributed by atoms with van der Waals surface area (Å²) in [5.41, 5.74) is 5.53. The third-order valence-electron chi connectivity index (χ3n) is 3.74. The number of benzene rings is 1. The highest BCUT2D eigenvalue weighted by Gasteiger charge is 2.35. The molecule has 5 nitrogen and oxygen atoms in total. The van der Waals surface area contributed by atoms with Crippen molar-refractivity contribution < 1.29 is 9.59 Å². The van der Waals surface area contributed by atoms with Crippen molar-refractivity contribution in [3.63, 3.8) is 0 Å². The second-order valence-corrected chi connectivity index (χ2v) is 6.10. The van der Waals surface area contributed by atoms with E-state index in [1.807, 2.05) is 6.07 Å². The van der Waals surface area contributed by atoms with Crippen molar-refractivity contribution in [3.05, 3.63) is 35.9 Å². The number of likely N-dealkylation sites (tertiary alicyclic amines) is 1. The number of hydrogen-bond acceptors (Lipinski definition) is 3. The van der Waals surface area contributed by atoms with Crippen LogP contribution in [0.3, 0.4) is 0 Å². The number of rotatable bonds is 3. The smallest absolute Gasteiger partial charge is 0.252 e. The SMILES string of the molecule is CC(C)(NC(=O)c1ccccc1)C(=O)N1CCCC(N)C1. The molecule has 1 saturated heterocycles. The van der Waals surface area contributed by atoms with E-state index in [9.17, 15) is 9.59 Å². The van der Waals surface area contributed by atoms with Gasteiger partial charge in [-0.05, 0) is 38.8 Å². The summed E-state index contributed by atoms with van der Waals surface area (Å²) < 4.78 is 0. The Bertz CT molecular complexity index is 514. The van der Waals surface area contributed by atoms with Gasteiger partial charge in [-0.2, -0.15) is 0 Å². The van der Waals surface area contributed by atoms with Crippen LogP contribution in [0.15, 0.2) is 30.3 Å². The molecule has 1 aliphatic rings. The molecule has 0 spiro atoms. The number of piperidine rings is 1. The highest BCUT2D eigenvalue weighted by molar-refractivity contribution is 5.98. The first-order valence-corrected chi connectivity index (χ1v) is 7.32. The standard InChI is InChI=1S/C16H23N3O2/c1-16(2,15(21)19-10-6-9-13(17)11-19)18-14(20)12-7-4-3-5-8-12/h3-5,7-8,13H,6,9-11,17H2,1-2H3,(H,18,20). The first-order valence-electron chi connectivity index (χ1n) is 7.32. The van der Waals surface area contributed by atoms with Crippen LogP contribution in [0.1, 0.15) is 37.0 Å². The van der Waals surface area contributed by atoms with Crippen molar-refractivity contribution in [1.29, 1.82) is 0 Å². The lowest BCUT2D eigenvalue weighted by atomic mass is 9.99. The van der Waals surface area contributed by atoms with Gasteiger partial charge in [0.2, 0.25) is 5.91 Å². The predicted molar refractivity (Wildman–Crippen MR) is 81.8 cm³/mol. The van der Waals surface area contributed by atoms with Gasteiger partial charge in [-0.3, -0.25) is 9.59 Å². The second-order valence-electron chi connectivity index (χ2n) is 6.10. The predicted octanol–water partition coefficient (Wildman–Crippen LogP) is 1.14. The third-order valence-corrected chi connectivity index (χ3v) is 3.74. The minimum absolute atomic E-state index is 0.0309. The fraction of sp³-hybridized carbons (Fsp3) is 0.500. The topological polar surface area (TPSA) is 75.4 Å². The number of carbonyl (C=O) groups excluding carboxylic acids is 2. The molecule has 0 radical (unpaired) electrons. The highest BCUT2D eigenvalue weighted by atomic mass is 16.2. The molecule has 1 unspecified atom stereocenters. The zero-order valence-corrected chi connectivity index (χ0v) is 12.6. The van der Waals surface area contributed by atoms with Crippen molar-refractivity contribution >= 4 is 11.8 Å². The van der Waals surface area contributed by atoms with Crippen LogP contribution in [0.4, 0.5) is 0 Å². The molecular weight excluding hydrogens is 266 g/mol. The molecule has 1 aromatic rings. The molecule has 0 aromatic heterocycles. The Labute approximate surface area is 125 Å². The van der Waals surface area contributed by atoms with Crippen LogP contribution in [0.5, 0.6) is 0 Å². The number of carbonyl (C=O) groups is 2. The van der Waals surface area contributed by atoms with E-state index in [2.05, 4.69) is 5.32 Å². The molecule has 2 rings (SSSR count). The maximum atomic E-state index is 12.6. The average Bonchev–Trinajstić information content (AvgIpc) is 2.47. The Hall–Kier alpha value is -1.88. The van der Waals surface area contributed by atoms with Crippen molar-refractivity contribution in [2.24, 2.45) is 5.73 Å². The van der Waals surface area contributed by atoms with E-state index < -0.39 is 5.54 Å². The molecule has 1 heterocycles. The van der Waals surface area contributed by atoms with E-state index in [-0.39, 0.29) is 17.9 Å². The van der Waals surface area contributed by atoms with Crippen LogP contribution in [-0.4, -0.2) is 41.4 Å². The largest absolute Gasteiger partial charge is 0.339 e. The van der Waals surface area contributed by atoms with Gasteiger partial charge in [0.15, 0.2) is 0 Å². The number of amides is 2. The first-order chi connectivity index (χ1) is 9.90. The van der Waals surface area contributed by atoms with Crippen LogP contribution in [0, 0.1) is 0 Å². The lowest BCUT2D eigenvalue weighted by Gasteiger charge is -2.36. The third kappa shape index (κ3) is 3.82. The van der Waals surface area contributed by atoms with Crippen LogP contribution in [0.2, 0.25) is 0 Å². The van der Waals surface area contributed by atoms with Gasteiger partial charge in [-0.1, -0.05) is 18.2 Å². The molecule has 114 valence electrons. The summed E-state index contributed by atoms with van der Waals surface area (Å²) >= 11 is 0. The Morgan fingerprint density at radius 2 is 1.95 bits per heavy atom. The van der Waals surface area contributed by atoms with Gasteiger partial charge >= 0.3 is 0 Å². The summed E-state index contributed by atoms with van der Waals surface area (Å²) in [5.74, 6) is -0.322. The van der Waals surface area contributed by atoms with Crippen LogP contribution < -0.4 is 11.1 Å². The minimum Gasteiger partial charge on any atom is -0.339 e. The molecule has 1 aromatic carbocycles. The van der Waals surface area contributed by atoms with Gasteiger partial charge in [0.05, 0.1) is 0 Å². The van der Waals surface area contributed by atoms with E-state index in [1.54, 1.807) is 43.0 Å². The lowest BCUT2D eigenvalue weighted by molar-refractivity contribution is -0.138. The average molecular weight is 289 g/mol. The van der Waals surface area contributed by atoms with Crippen molar-refractivity contribution in [3.8, 4) is 0 Å². The molecule has 1 atom stereocenters. The van der Waals surface area contributed by atoms with Gasteiger partial charge in [0.25, 0.3) is 5.91 Å². The summed E-state index contributed by atoms with van der Waals surface area (Å²) in [5, 5.41) is 2.81. The van der Waals surface area contributed by atoms with Crippen molar-refractivity contribution in [1.82, 2.24) is 10.2 Å². The van der Waals surface area contributed by atoms with Gasteiger partial charge in [-0.25, -0.2) is 0 Å². The zero-order chi connectivity index (χ0) is 15.5. The second kappa shape index (κ2) is 6.26.